The number of nitrogens with one attached hydrogen (secondary N) is 4. The average Bonchev–Trinajstić information content (AvgIpc) is 3.45. The predicted octanol–water partition coefficient (Wildman–Crippen LogP) is 3.07. The monoisotopic (exact) mass is 700 g/mol. The van der Waals surface area contributed by atoms with Crippen molar-refractivity contribution in [3.8, 4) is 0 Å². The topological polar surface area (TPSA) is 174 Å². The molecule has 3 fully saturated rings. The van der Waals surface area contributed by atoms with E-state index in [1.807, 2.05) is 55.4 Å². The number of urea groups is 1. The van der Waals surface area contributed by atoms with Gasteiger partial charge in [-0.2, -0.15) is 0 Å². The second-order valence-corrected chi connectivity index (χ2v) is 16.7. The van der Waals surface area contributed by atoms with Crippen molar-refractivity contribution in [2.45, 2.75) is 131 Å². The molecule has 3 rings (SSSR count). The standard InChI is InChI=1S/C37H60N6O7/c1-10-18-38-33(48)30(46)25(20-23-13-11-14-23)39-32(47)29-24(22(2)3)17-19-42(29)34(49)31(37(7,8)9)41-35(50)40-26(36(4,5)6)21-43-27(44)15-12-16-28(43)45/h10,22-26,29,31H,1,11-21H2,2-9H3,(H,38,48)(H,39,47)(H2,40,41,50)/t24-,25?,26-,29+,31-/m1/s1. The van der Waals surface area contributed by atoms with E-state index in [2.05, 4.69) is 27.8 Å². The Morgan fingerprint density at radius 2 is 1.50 bits per heavy atom. The van der Waals surface area contributed by atoms with Crippen LogP contribution in [-0.4, -0.2) is 95.0 Å². The van der Waals surface area contributed by atoms with Crippen LogP contribution in [0.1, 0.15) is 107 Å². The molecule has 13 nitrogen and oxygen atoms in total. The zero-order valence-corrected chi connectivity index (χ0v) is 31.4. The molecule has 1 saturated carbocycles. The fourth-order valence-electron chi connectivity index (χ4n) is 6.93. The average molecular weight is 701 g/mol. The lowest BCUT2D eigenvalue weighted by molar-refractivity contribution is -0.148. The molecule has 50 heavy (non-hydrogen) atoms. The molecule has 2 heterocycles. The van der Waals surface area contributed by atoms with Gasteiger partial charge in [0, 0.05) is 32.5 Å². The predicted molar refractivity (Wildman–Crippen MR) is 189 cm³/mol. The molecular formula is C37H60N6O7. The molecule has 2 saturated heterocycles. The van der Waals surface area contributed by atoms with Gasteiger partial charge in [0.1, 0.15) is 12.1 Å². The van der Waals surface area contributed by atoms with Crippen LogP contribution < -0.4 is 21.3 Å². The lowest BCUT2D eigenvalue weighted by atomic mass is 9.80. The first-order chi connectivity index (χ1) is 23.3. The quantitative estimate of drug-likeness (QED) is 0.122. The lowest BCUT2D eigenvalue weighted by Crippen LogP contribution is -2.62. The van der Waals surface area contributed by atoms with Crippen LogP contribution in [0.4, 0.5) is 4.79 Å². The van der Waals surface area contributed by atoms with Crippen molar-refractivity contribution in [2.24, 2.45) is 28.6 Å². The summed E-state index contributed by atoms with van der Waals surface area (Å²) in [6.07, 6.45) is 6.28. The molecule has 1 unspecified atom stereocenters. The van der Waals surface area contributed by atoms with Gasteiger partial charge >= 0.3 is 6.03 Å². The van der Waals surface area contributed by atoms with E-state index in [4.69, 9.17) is 0 Å². The Hall–Kier alpha value is -3.77. The summed E-state index contributed by atoms with van der Waals surface area (Å²) >= 11 is 0. The maximum atomic E-state index is 14.4. The molecule has 280 valence electrons. The van der Waals surface area contributed by atoms with E-state index in [1.54, 1.807) is 0 Å². The van der Waals surface area contributed by atoms with Gasteiger partial charge < -0.3 is 26.2 Å². The Morgan fingerprint density at radius 1 is 0.880 bits per heavy atom. The number of amides is 7. The van der Waals surface area contributed by atoms with Crippen LogP contribution in [0.5, 0.6) is 0 Å². The van der Waals surface area contributed by atoms with E-state index in [0.29, 0.717) is 19.3 Å². The number of rotatable bonds is 14. The van der Waals surface area contributed by atoms with E-state index in [9.17, 15) is 33.6 Å². The first kappa shape index (κ1) is 40.7. The van der Waals surface area contributed by atoms with Gasteiger partial charge in [0.25, 0.3) is 5.91 Å². The molecular weight excluding hydrogens is 640 g/mol. The summed E-state index contributed by atoms with van der Waals surface area (Å²) in [7, 11) is 0. The summed E-state index contributed by atoms with van der Waals surface area (Å²) in [5.74, 6) is -2.96. The summed E-state index contributed by atoms with van der Waals surface area (Å²) in [6, 6.07) is -4.22. The summed E-state index contributed by atoms with van der Waals surface area (Å²) in [5, 5.41) is 11.2. The van der Waals surface area contributed by atoms with Crippen molar-refractivity contribution in [1.82, 2.24) is 31.1 Å². The van der Waals surface area contributed by atoms with Crippen LogP contribution in [0.25, 0.3) is 0 Å². The molecule has 1 aliphatic carbocycles. The van der Waals surface area contributed by atoms with E-state index < -0.39 is 64.5 Å². The zero-order valence-electron chi connectivity index (χ0n) is 31.4. The molecule has 2 aliphatic heterocycles. The largest absolute Gasteiger partial charge is 0.346 e. The van der Waals surface area contributed by atoms with Crippen LogP contribution in [0, 0.1) is 28.6 Å². The van der Waals surface area contributed by atoms with Gasteiger partial charge in [0.15, 0.2) is 0 Å². The highest BCUT2D eigenvalue weighted by Crippen LogP contribution is 2.35. The Labute approximate surface area is 297 Å². The molecule has 0 aromatic carbocycles. The normalized spacial score (nSPS) is 21.9. The highest BCUT2D eigenvalue weighted by molar-refractivity contribution is 6.38. The van der Waals surface area contributed by atoms with Gasteiger partial charge in [-0.1, -0.05) is 80.7 Å². The number of ketones is 1. The van der Waals surface area contributed by atoms with Gasteiger partial charge in [0.05, 0.1) is 12.1 Å². The van der Waals surface area contributed by atoms with Crippen molar-refractivity contribution in [2.75, 3.05) is 19.6 Å². The fraction of sp³-hybridized carbons (Fsp3) is 0.757. The number of carbonyl (C=O) groups excluding carboxylic acids is 7. The molecule has 3 aliphatic rings. The summed E-state index contributed by atoms with van der Waals surface area (Å²) in [4.78, 5) is 95.9. The maximum absolute atomic E-state index is 14.4. The number of Topliss-reactive ketones (excluding diaryl/α,β-unsaturated/α-hetero) is 1. The third-order valence-electron chi connectivity index (χ3n) is 10.4. The summed E-state index contributed by atoms with van der Waals surface area (Å²) in [5.41, 5.74) is -1.30. The van der Waals surface area contributed by atoms with Crippen LogP contribution in [0.2, 0.25) is 0 Å². The minimum Gasteiger partial charge on any atom is -0.346 e. The first-order valence-corrected chi connectivity index (χ1v) is 18.2. The molecule has 0 aromatic heterocycles. The number of nitrogens with zero attached hydrogens (tertiary/aromatic N) is 2. The Morgan fingerprint density at radius 3 is 2.00 bits per heavy atom. The van der Waals surface area contributed by atoms with E-state index >= 15 is 0 Å². The van der Waals surface area contributed by atoms with Crippen molar-refractivity contribution in [1.29, 1.82) is 0 Å². The van der Waals surface area contributed by atoms with Gasteiger partial charge in [-0.05, 0) is 47.8 Å². The molecule has 13 heteroatoms. The Bertz CT molecular complexity index is 1300. The van der Waals surface area contributed by atoms with Crippen LogP contribution in [0.3, 0.4) is 0 Å². The van der Waals surface area contributed by atoms with Crippen molar-refractivity contribution < 1.29 is 33.6 Å². The van der Waals surface area contributed by atoms with Crippen LogP contribution in [-0.2, 0) is 28.8 Å². The second-order valence-electron chi connectivity index (χ2n) is 16.7. The third kappa shape index (κ3) is 10.4. The van der Waals surface area contributed by atoms with Crippen molar-refractivity contribution in [3.63, 3.8) is 0 Å². The molecule has 7 amide bonds. The van der Waals surface area contributed by atoms with Crippen LogP contribution in [0.15, 0.2) is 12.7 Å². The molecule has 0 radical (unpaired) electrons. The number of imide groups is 1. The number of likely N-dealkylation sites (tertiary alicyclic amines) is 2. The molecule has 0 aromatic rings. The summed E-state index contributed by atoms with van der Waals surface area (Å²) in [6.45, 7) is 19.1. The minimum atomic E-state index is -1.04. The van der Waals surface area contributed by atoms with Crippen molar-refractivity contribution >= 4 is 41.4 Å². The van der Waals surface area contributed by atoms with Gasteiger partial charge in [-0.25, -0.2) is 4.79 Å². The molecule has 4 N–H and O–H groups in total. The SMILES string of the molecule is C=CCNC(=O)C(=O)C(CC1CCC1)NC(=O)[C@@H]1[C@@H](C(C)C)CCN1C(=O)[C@@H](NC(=O)N[C@H](CN1C(=O)CCCC1=O)C(C)(C)C)C(C)(C)C. The Balaban J connectivity index is 1.84. The first-order valence-electron chi connectivity index (χ1n) is 18.2. The lowest BCUT2D eigenvalue weighted by Gasteiger charge is -2.39. The van der Waals surface area contributed by atoms with E-state index in [0.717, 1.165) is 19.3 Å². The molecule has 0 bridgehead atoms. The van der Waals surface area contributed by atoms with Crippen LogP contribution >= 0.6 is 0 Å². The van der Waals surface area contributed by atoms with Gasteiger partial charge in [-0.3, -0.25) is 33.7 Å². The molecule has 5 atom stereocenters. The van der Waals surface area contributed by atoms with E-state index in [1.165, 1.54) is 15.9 Å². The zero-order chi connectivity index (χ0) is 37.6. The van der Waals surface area contributed by atoms with Gasteiger partial charge in [-0.15, -0.1) is 6.58 Å². The highest BCUT2D eigenvalue weighted by Gasteiger charge is 2.48. The number of hydrogen-bond acceptors (Lipinski definition) is 7. The number of carbonyl (C=O) groups is 7. The highest BCUT2D eigenvalue weighted by atomic mass is 16.2. The molecule has 0 spiro atoms. The Kier molecular flexibility index (Phi) is 13.8. The summed E-state index contributed by atoms with van der Waals surface area (Å²) < 4.78 is 0. The number of hydrogen-bond donors (Lipinski definition) is 4. The second kappa shape index (κ2) is 17.0. The van der Waals surface area contributed by atoms with Gasteiger partial charge in [0.2, 0.25) is 29.4 Å². The fourth-order valence-corrected chi connectivity index (χ4v) is 6.93. The maximum Gasteiger partial charge on any atom is 0.315 e. The minimum absolute atomic E-state index is 0.0134. The number of piperidine rings is 1. The smallest absolute Gasteiger partial charge is 0.315 e. The third-order valence-corrected chi connectivity index (χ3v) is 10.4. The van der Waals surface area contributed by atoms with Crippen molar-refractivity contribution in [3.05, 3.63) is 12.7 Å². The van der Waals surface area contributed by atoms with E-state index in [-0.39, 0.29) is 62.0 Å².